The van der Waals surface area contributed by atoms with E-state index in [1.807, 2.05) is 34.8 Å². The van der Waals surface area contributed by atoms with Crippen molar-refractivity contribution < 1.29 is 9.53 Å². The number of nitrogens with zero attached hydrogens (tertiary/aromatic N) is 3. The van der Waals surface area contributed by atoms with Crippen LogP contribution in [0.15, 0.2) is 29.9 Å². The number of hydrogen-bond donors (Lipinski definition) is 0. The summed E-state index contributed by atoms with van der Waals surface area (Å²) in [5, 5.41) is 2.02. The van der Waals surface area contributed by atoms with Gasteiger partial charge in [-0.1, -0.05) is 6.07 Å². The Labute approximate surface area is 146 Å². The number of hydrogen-bond acceptors (Lipinski definition) is 4. The summed E-state index contributed by atoms with van der Waals surface area (Å²) in [4.78, 5) is 20.2. The van der Waals surface area contributed by atoms with E-state index in [1.165, 1.54) is 12.8 Å². The molecule has 6 heteroatoms. The lowest BCUT2D eigenvalue weighted by molar-refractivity contribution is -0.131. The van der Waals surface area contributed by atoms with Gasteiger partial charge in [0.1, 0.15) is 5.82 Å². The van der Waals surface area contributed by atoms with Crippen LogP contribution in [0.4, 0.5) is 0 Å². The molecule has 2 aliphatic rings. The van der Waals surface area contributed by atoms with Gasteiger partial charge in [0.2, 0.25) is 5.91 Å². The van der Waals surface area contributed by atoms with Gasteiger partial charge in [0.15, 0.2) is 0 Å². The molecule has 1 fully saturated rings. The first kappa shape index (κ1) is 15.8. The average Bonchev–Trinajstić information content (AvgIpc) is 3.13. The molecule has 24 heavy (non-hydrogen) atoms. The average molecular weight is 345 g/mol. The van der Waals surface area contributed by atoms with E-state index in [-0.39, 0.29) is 5.91 Å². The normalized spacial score (nSPS) is 20.7. The maximum absolute atomic E-state index is 12.7. The third-order valence-electron chi connectivity index (χ3n) is 4.73. The molecule has 0 N–H and O–H groups in total. The third-order valence-corrected chi connectivity index (χ3v) is 5.61. The summed E-state index contributed by atoms with van der Waals surface area (Å²) in [6, 6.07) is 4.02. The molecule has 0 aromatic carbocycles. The van der Waals surface area contributed by atoms with Crippen molar-refractivity contribution in [2.45, 2.75) is 32.4 Å². The summed E-state index contributed by atoms with van der Waals surface area (Å²) in [6.45, 7) is 3.81. The predicted molar refractivity (Wildman–Crippen MR) is 92.7 cm³/mol. The summed E-state index contributed by atoms with van der Waals surface area (Å²) in [7, 11) is 0. The summed E-state index contributed by atoms with van der Waals surface area (Å²) in [5.74, 6) is 2.25. The van der Waals surface area contributed by atoms with Crippen LogP contribution in [0.1, 0.15) is 23.5 Å². The summed E-state index contributed by atoms with van der Waals surface area (Å²) >= 11 is 1.64. The highest BCUT2D eigenvalue weighted by Gasteiger charge is 2.27. The van der Waals surface area contributed by atoms with Crippen LogP contribution in [-0.4, -0.2) is 40.1 Å². The number of thiophene rings is 1. The molecule has 5 nitrogen and oxygen atoms in total. The van der Waals surface area contributed by atoms with Crippen molar-refractivity contribution in [3.63, 3.8) is 0 Å². The maximum atomic E-state index is 12.7. The highest BCUT2D eigenvalue weighted by Crippen LogP contribution is 2.29. The van der Waals surface area contributed by atoms with E-state index in [2.05, 4.69) is 9.55 Å². The number of fused-ring (bicyclic) bond motifs is 1. The fourth-order valence-corrected chi connectivity index (χ4v) is 3.89. The molecule has 2 aromatic rings. The fourth-order valence-electron chi connectivity index (χ4n) is 3.20. The highest BCUT2D eigenvalue weighted by atomic mass is 32.1. The Kier molecular flexibility index (Phi) is 4.67. The first-order valence-electron chi connectivity index (χ1n) is 8.66. The molecule has 1 saturated carbocycles. The fraction of sp³-hybridized carbons (Fsp3) is 0.556. The van der Waals surface area contributed by atoms with Crippen LogP contribution >= 0.6 is 11.3 Å². The zero-order valence-corrected chi connectivity index (χ0v) is 14.6. The van der Waals surface area contributed by atoms with E-state index >= 15 is 0 Å². The number of carbonyl (C=O) groups excluding carboxylic acids is 1. The number of rotatable bonds is 6. The maximum Gasteiger partial charge on any atom is 0.228 e. The molecule has 1 aliphatic carbocycles. The summed E-state index contributed by atoms with van der Waals surface area (Å²) in [6.07, 6.45) is 6.93. The Morgan fingerprint density at radius 1 is 1.29 bits per heavy atom. The standard InChI is InChI=1S/C18H23N3O2S/c22-18(8-16-2-1-7-24-16)21-10-15(13-23-12-14-3-4-14)9-20-6-5-19-17(20)11-21/h1-2,5-7,14-15H,3-4,8-13H2/t15-/m1/s1. The van der Waals surface area contributed by atoms with Crippen molar-refractivity contribution in [1.29, 1.82) is 0 Å². The second kappa shape index (κ2) is 7.07. The van der Waals surface area contributed by atoms with E-state index in [4.69, 9.17) is 4.74 Å². The van der Waals surface area contributed by atoms with Gasteiger partial charge in [-0.25, -0.2) is 4.98 Å². The van der Waals surface area contributed by atoms with Crippen LogP contribution in [-0.2, 0) is 29.0 Å². The van der Waals surface area contributed by atoms with E-state index in [9.17, 15) is 4.79 Å². The van der Waals surface area contributed by atoms with Crippen molar-refractivity contribution in [3.8, 4) is 0 Å². The van der Waals surface area contributed by atoms with Gasteiger partial charge in [0.05, 0.1) is 19.6 Å². The number of amides is 1. The second-order valence-electron chi connectivity index (χ2n) is 6.87. The Balaban J connectivity index is 1.42. The minimum atomic E-state index is 0.182. The number of aromatic nitrogens is 2. The Morgan fingerprint density at radius 2 is 2.17 bits per heavy atom. The summed E-state index contributed by atoms with van der Waals surface area (Å²) in [5.41, 5.74) is 0. The number of carbonyl (C=O) groups is 1. The summed E-state index contributed by atoms with van der Waals surface area (Å²) < 4.78 is 8.08. The molecule has 0 radical (unpaired) electrons. The molecule has 2 aromatic heterocycles. The first-order chi connectivity index (χ1) is 11.8. The van der Waals surface area contributed by atoms with Crippen LogP contribution in [0.3, 0.4) is 0 Å². The van der Waals surface area contributed by atoms with Gasteiger partial charge < -0.3 is 14.2 Å². The molecule has 4 rings (SSSR count). The smallest absolute Gasteiger partial charge is 0.228 e. The third kappa shape index (κ3) is 3.87. The number of ether oxygens (including phenoxy) is 1. The van der Waals surface area contributed by atoms with E-state index in [1.54, 1.807) is 11.3 Å². The highest BCUT2D eigenvalue weighted by molar-refractivity contribution is 7.10. The quantitative estimate of drug-likeness (QED) is 0.808. The molecule has 1 aliphatic heterocycles. The largest absolute Gasteiger partial charge is 0.381 e. The predicted octanol–water partition coefficient (Wildman–Crippen LogP) is 2.57. The molecule has 0 bridgehead atoms. The zero-order valence-electron chi connectivity index (χ0n) is 13.8. The molecule has 128 valence electrons. The molecule has 3 heterocycles. The van der Waals surface area contributed by atoms with Crippen LogP contribution in [0.2, 0.25) is 0 Å². The van der Waals surface area contributed by atoms with Gasteiger partial charge in [0, 0.05) is 42.9 Å². The van der Waals surface area contributed by atoms with Gasteiger partial charge >= 0.3 is 0 Å². The Morgan fingerprint density at radius 3 is 2.96 bits per heavy atom. The molecular weight excluding hydrogens is 322 g/mol. The lowest BCUT2D eigenvalue weighted by Crippen LogP contribution is -2.36. The van der Waals surface area contributed by atoms with Gasteiger partial charge in [-0.05, 0) is 30.2 Å². The zero-order chi connectivity index (χ0) is 16.4. The van der Waals surface area contributed by atoms with Crippen molar-refractivity contribution in [1.82, 2.24) is 14.5 Å². The lowest BCUT2D eigenvalue weighted by Gasteiger charge is -2.24. The van der Waals surface area contributed by atoms with Crippen molar-refractivity contribution in [2.24, 2.45) is 11.8 Å². The molecule has 0 unspecified atom stereocenters. The topological polar surface area (TPSA) is 47.4 Å². The Bertz CT molecular complexity index is 678. The van der Waals surface area contributed by atoms with Crippen LogP contribution in [0.5, 0.6) is 0 Å². The van der Waals surface area contributed by atoms with E-state index < -0.39 is 0 Å². The minimum absolute atomic E-state index is 0.182. The van der Waals surface area contributed by atoms with Crippen molar-refractivity contribution in [2.75, 3.05) is 19.8 Å². The molecule has 1 amide bonds. The second-order valence-corrected chi connectivity index (χ2v) is 7.91. The lowest BCUT2D eigenvalue weighted by atomic mass is 10.1. The molecule has 1 atom stereocenters. The van der Waals surface area contributed by atoms with Gasteiger partial charge in [0.25, 0.3) is 0 Å². The van der Waals surface area contributed by atoms with Crippen molar-refractivity contribution >= 4 is 17.2 Å². The van der Waals surface area contributed by atoms with E-state index in [0.29, 0.717) is 18.9 Å². The Hall–Kier alpha value is -1.66. The van der Waals surface area contributed by atoms with Crippen LogP contribution in [0, 0.1) is 11.8 Å². The monoisotopic (exact) mass is 345 g/mol. The van der Waals surface area contributed by atoms with E-state index in [0.717, 1.165) is 42.9 Å². The first-order valence-corrected chi connectivity index (χ1v) is 9.54. The van der Waals surface area contributed by atoms with Gasteiger partial charge in [-0.3, -0.25) is 4.79 Å². The SMILES string of the molecule is O=C(Cc1cccs1)N1Cc2nccn2C[C@@H](COCC2CC2)C1. The van der Waals surface area contributed by atoms with Crippen LogP contribution < -0.4 is 0 Å². The van der Waals surface area contributed by atoms with Gasteiger partial charge in [-0.15, -0.1) is 11.3 Å². The molecule has 0 spiro atoms. The molecule has 0 saturated heterocycles. The minimum Gasteiger partial charge on any atom is -0.381 e. The molecular formula is C18H23N3O2S. The van der Waals surface area contributed by atoms with Crippen LogP contribution in [0.25, 0.3) is 0 Å². The van der Waals surface area contributed by atoms with Crippen molar-refractivity contribution in [3.05, 3.63) is 40.6 Å². The number of imidazole rings is 1. The van der Waals surface area contributed by atoms with Gasteiger partial charge in [-0.2, -0.15) is 0 Å².